The smallest absolute Gasteiger partial charge is 0.161 e. The lowest BCUT2D eigenvalue weighted by Gasteiger charge is -2.30. The van der Waals surface area contributed by atoms with E-state index in [1.54, 1.807) is 7.11 Å². The molecule has 0 fully saturated rings. The molecule has 2 N–H and O–H groups in total. The van der Waals surface area contributed by atoms with Gasteiger partial charge in [-0.05, 0) is 47.7 Å². The van der Waals surface area contributed by atoms with Crippen LogP contribution in [0.2, 0.25) is 0 Å². The Morgan fingerprint density at radius 1 is 1.21 bits per heavy atom. The summed E-state index contributed by atoms with van der Waals surface area (Å²) in [6, 6.07) is 14.5. The fourth-order valence-corrected chi connectivity index (χ4v) is 3.60. The van der Waals surface area contributed by atoms with Crippen molar-refractivity contribution in [2.45, 2.75) is 32.5 Å². The van der Waals surface area contributed by atoms with E-state index >= 15 is 0 Å². The van der Waals surface area contributed by atoms with Gasteiger partial charge in [-0.2, -0.15) is 0 Å². The minimum atomic E-state index is -0.405. The van der Waals surface area contributed by atoms with Gasteiger partial charge in [0.1, 0.15) is 6.61 Å². The molecule has 0 bridgehead atoms. The van der Waals surface area contributed by atoms with E-state index < -0.39 is 6.10 Å². The molecular formula is C24H32N2O3. The minimum Gasteiger partial charge on any atom is -0.493 e. The van der Waals surface area contributed by atoms with Gasteiger partial charge in [-0.3, -0.25) is 4.90 Å². The highest BCUT2D eigenvalue weighted by Crippen LogP contribution is 2.28. The minimum absolute atomic E-state index is 0.405. The van der Waals surface area contributed by atoms with Crippen LogP contribution in [0.4, 0.5) is 0 Å². The standard InChI is InChI=1S/C24H32N2O3/c1-18(2)17-29-24-12-19(8-9-23(24)28-3)13-25-14-22(27)16-26-11-10-20-6-4-5-7-21(20)15-26/h4-9,12,22,25,27H,1,10-11,13-17H2,2-3H3. The van der Waals surface area contributed by atoms with Crippen LogP contribution in [0.25, 0.3) is 0 Å². The highest BCUT2D eigenvalue weighted by molar-refractivity contribution is 5.43. The largest absolute Gasteiger partial charge is 0.493 e. The number of nitrogens with zero attached hydrogens (tertiary/aromatic N) is 1. The number of benzene rings is 2. The summed E-state index contributed by atoms with van der Waals surface area (Å²) in [5.41, 5.74) is 4.85. The molecule has 0 saturated carbocycles. The molecule has 2 aromatic carbocycles. The van der Waals surface area contributed by atoms with Crippen molar-refractivity contribution >= 4 is 0 Å². The first kappa shape index (κ1) is 21.4. The molecule has 0 saturated heterocycles. The number of hydrogen-bond acceptors (Lipinski definition) is 5. The van der Waals surface area contributed by atoms with Crippen molar-refractivity contribution in [2.75, 3.05) is 33.4 Å². The number of hydrogen-bond donors (Lipinski definition) is 2. The third-order valence-electron chi connectivity index (χ3n) is 5.09. The molecule has 1 aliphatic rings. The molecule has 1 atom stereocenters. The average Bonchev–Trinajstić information content (AvgIpc) is 2.72. The van der Waals surface area contributed by atoms with Crippen molar-refractivity contribution in [3.8, 4) is 11.5 Å². The van der Waals surface area contributed by atoms with E-state index in [0.29, 0.717) is 37.7 Å². The van der Waals surface area contributed by atoms with Gasteiger partial charge >= 0.3 is 0 Å². The topological polar surface area (TPSA) is 54.0 Å². The van der Waals surface area contributed by atoms with Crippen LogP contribution >= 0.6 is 0 Å². The van der Waals surface area contributed by atoms with Crippen LogP contribution in [-0.4, -0.2) is 49.5 Å². The van der Waals surface area contributed by atoms with Crippen LogP contribution in [0.15, 0.2) is 54.6 Å². The van der Waals surface area contributed by atoms with E-state index in [-0.39, 0.29) is 0 Å². The first-order valence-electron chi connectivity index (χ1n) is 10.2. The number of fused-ring (bicyclic) bond motifs is 1. The fourth-order valence-electron chi connectivity index (χ4n) is 3.60. The highest BCUT2D eigenvalue weighted by atomic mass is 16.5. The summed E-state index contributed by atoms with van der Waals surface area (Å²) in [5.74, 6) is 1.42. The van der Waals surface area contributed by atoms with Gasteiger partial charge in [0, 0.05) is 32.7 Å². The molecule has 0 aromatic heterocycles. The Morgan fingerprint density at radius 3 is 2.76 bits per heavy atom. The maximum Gasteiger partial charge on any atom is 0.161 e. The van der Waals surface area contributed by atoms with Crippen molar-refractivity contribution in [3.05, 3.63) is 71.3 Å². The fraction of sp³-hybridized carbons (Fsp3) is 0.417. The third kappa shape index (κ3) is 6.32. The van der Waals surface area contributed by atoms with E-state index in [4.69, 9.17) is 9.47 Å². The molecule has 1 aliphatic heterocycles. The summed E-state index contributed by atoms with van der Waals surface area (Å²) in [7, 11) is 1.64. The number of aliphatic hydroxyl groups is 1. The van der Waals surface area contributed by atoms with E-state index in [2.05, 4.69) is 41.1 Å². The lowest BCUT2D eigenvalue weighted by atomic mass is 10.00. The molecule has 1 unspecified atom stereocenters. The Morgan fingerprint density at radius 2 is 2.00 bits per heavy atom. The summed E-state index contributed by atoms with van der Waals surface area (Å²) >= 11 is 0. The van der Waals surface area contributed by atoms with Crippen molar-refractivity contribution < 1.29 is 14.6 Å². The molecule has 2 aromatic rings. The van der Waals surface area contributed by atoms with Crippen molar-refractivity contribution in [1.82, 2.24) is 10.2 Å². The number of nitrogens with one attached hydrogen (secondary N) is 1. The van der Waals surface area contributed by atoms with Crippen molar-refractivity contribution in [1.29, 1.82) is 0 Å². The van der Waals surface area contributed by atoms with Crippen LogP contribution in [-0.2, 0) is 19.5 Å². The quantitative estimate of drug-likeness (QED) is 0.604. The first-order valence-corrected chi connectivity index (χ1v) is 10.2. The van der Waals surface area contributed by atoms with E-state index in [9.17, 15) is 5.11 Å². The summed E-state index contributed by atoms with van der Waals surface area (Å²) in [6.45, 7) is 10.1. The van der Waals surface area contributed by atoms with Gasteiger partial charge in [0.05, 0.1) is 13.2 Å². The molecule has 5 heteroatoms. The summed E-state index contributed by atoms with van der Waals surface area (Å²) < 4.78 is 11.1. The molecule has 3 rings (SSSR count). The molecule has 1 heterocycles. The molecule has 0 aliphatic carbocycles. The zero-order chi connectivity index (χ0) is 20.6. The highest BCUT2D eigenvalue weighted by Gasteiger charge is 2.18. The maximum atomic E-state index is 10.5. The number of aliphatic hydroxyl groups excluding tert-OH is 1. The first-order chi connectivity index (χ1) is 14.0. The van der Waals surface area contributed by atoms with Gasteiger partial charge in [-0.15, -0.1) is 0 Å². The molecule has 156 valence electrons. The van der Waals surface area contributed by atoms with Crippen molar-refractivity contribution in [2.24, 2.45) is 0 Å². The maximum absolute atomic E-state index is 10.5. The Hall–Kier alpha value is -2.34. The van der Waals surface area contributed by atoms with Gasteiger partial charge < -0.3 is 19.9 Å². The van der Waals surface area contributed by atoms with Gasteiger partial charge in [0.25, 0.3) is 0 Å². The van der Waals surface area contributed by atoms with Gasteiger partial charge in [-0.1, -0.05) is 36.9 Å². The van der Waals surface area contributed by atoms with Crippen LogP contribution in [0, 0.1) is 0 Å². The predicted octanol–water partition coefficient (Wildman–Crippen LogP) is 3.16. The van der Waals surface area contributed by atoms with Crippen LogP contribution in [0.3, 0.4) is 0 Å². The summed E-state index contributed by atoms with van der Waals surface area (Å²) in [6.07, 6.45) is 0.646. The Bertz CT molecular complexity index is 822. The normalized spacial score (nSPS) is 14.9. The Kier molecular flexibility index (Phi) is 7.69. The van der Waals surface area contributed by atoms with Gasteiger partial charge in [0.2, 0.25) is 0 Å². The molecule has 0 spiro atoms. The second-order valence-corrected chi connectivity index (χ2v) is 7.77. The zero-order valence-electron chi connectivity index (χ0n) is 17.5. The van der Waals surface area contributed by atoms with Crippen LogP contribution < -0.4 is 14.8 Å². The monoisotopic (exact) mass is 396 g/mol. The number of β-amino-alcohol motifs (C(OH)–C–C–N with tert-alkyl or cyclic N) is 1. The van der Waals surface area contributed by atoms with E-state index in [1.807, 2.05) is 25.1 Å². The van der Waals surface area contributed by atoms with Gasteiger partial charge in [-0.25, -0.2) is 0 Å². The number of rotatable bonds is 10. The Labute approximate surface area is 174 Å². The predicted molar refractivity (Wildman–Crippen MR) is 116 cm³/mol. The van der Waals surface area contributed by atoms with E-state index in [0.717, 1.165) is 30.6 Å². The second-order valence-electron chi connectivity index (χ2n) is 7.77. The van der Waals surface area contributed by atoms with E-state index in [1.165, 1.54) is 11.1 Å². The number of ether oxygens (including phenoxy) is 2. The molecule has 29 heavy (non-hydrogen) atoms. The van der Waals surface area contributed by atoms with Gasteiger partial charge in [0.15, 0.2) is 11.5 Å². The molecule has 0 amide bonds. The van der Waals surface area contributed by atoms with Crippen LogP contribution in [0.1, 0.15) is 23.6 Å². The summed E-state index contributed by atoms with van der Waals surface area (Å²) in [5, 5.41) is 13.8. The zero-order valence-corrected chi connectivity index (χ0v) is 17.5. The summed E-state index contributed by atoms with van der Waals surface area (Å²) in [4.78, 5) is 2.33. The molecule has 5 nitrogen and oxygen atoms in total. The SMILES string of the molecule is C=C(C)COc1cc(CNCC(O)CN2CCc3ccccc3C2)ccc1OC. The second kappa shape index (κ2) is 10.4. The van der Waals surface area contributed by atoms with Crippen molar-refractivity contribution in [3.63, 3.8) is 0 Å². The average molecular weight is 397 g/mol. The number of methoxy groups -OCH3 is 1. The third-order valence-corrected chi connectivity index (χ3v) is 5.09. The Balaban J connectivity index is 1.46. The lowest BCUT2D eigenvalue weighted by molar-refractivity contribution is 0.104. The molecular weight excluding hydrogens is 364 g/mol. The van der Waals surface area contributed by atoms with Crippen LogP contribution in [0.5, 0.6) is 11.5 Å². The molecule has 0 radical (unpaired) electrons. The lowest BCUT2D eigenvalue weighted by Crippen LogP contribution is -2.40.